The van der Waals surface area contributed by atoms with Crippen LogP contribution in [0, 0.1) is 11.3 Å². The van der Waals surface area contributed by atoms with Crippen LogP contribution in [0.15, 0.2) is 41.1 Å². The first-order valence-electron chi connectivity index (χ1n) is 5.71. The van der Waals surface area contributed by atoms with Crippen molar-refractivity contribution in [2.75, 3.05) is 17.7 Å². The Morgan fingerprint density at radius 1 is 1.42 bits per heavy atom. The third-order valence-corrected chi connectivity index (χ3v) is 3.34. The van der Waals surface area contributed by atoms with Crippen molar-refractivity contribution in [2.24, 2.45) is 0 Å². The van der Waals surface area contributed by atoms with Gasteiger partial charge in [-0.25, -0.2) is 0 Å². The molecular formula is C14H13BrN4. The van der Waals surface area contributed by atoms with Gasteiger partial charge in [0.25, 0.3) is 0 Å². The highest BCUT2D eigenvalue weighted by atomic mass is 79.9. The summed E-state index contributed by atoms with van der Waals surface area (Å²) in [6, 6.07) is 9.68. The standard InChI is InChI=1S/C14H13BrN4/c1-19(14-12(15)7-18-8-13(14)17)9-11-4-2-3-10(5-11)6-16/h2-5,7-8H,9,17H2,1H3. The number of rotatable bonds is 3. The largest absolute Gasteiger partial charge is 0.396 e. The number of hydrogen-bond donors (Lipinski definition) is 1. The average molecular weight is 317 g/mol. The molecule has 0 amide bonds. The normalized spacial score (nSPS) is 9.95. The van der Waals surface area contributed by atoms with Gasteiger partial charge in [-0.1, -0.05) is 12.1 Å². The molecule has 0 fully saturated rings. The molecule has 0 spiro atoms. The Morgan fingerprint density at radius 2 is 2.21 bits per heavy atom. The Morgan fingerprint density at radius 3 is 2.89 bits per heavy atom. The zero-order valence-corrected chi connectivity index (χ0v) is 12.1. The molecule has 0 bridgehead atoms. The van der Waals surface area contributed by atoms with Crippen molar-refractivity contribution in [3.8, 4) is 6.07 Å². The predicted octanol–water partition coefficient (Wildman–Crippen LogP) is 2.93. The van der Waals surface area contributed by atoms with Gasteiger partial charge >= 0.3 is 0 Å². The molecule has 2 rings (SSSR count). The van der Waals surface area contributed by atoms with Gasteiger partial charge in [0.2, 0.25) is 0 Å². The molecule has 0 atom stereocenters. The maximum absolute atomic E-state index is 8.90. The van der Waals surface area contributed by atoms with Crippen LogP contribution >= 0.6 is 15.9 Å². The van der Waals surface area contributed by atoms with Crippen LogP contribution in [-0.4, -0.2) is 12.0 Å². The van der Waals surface area contributed by atoms with Crippen molar-refractivity contribution < 1.29 is 0 Å². The molecular weight excluding hydrogens is 304 g/mol. The lowest BCUT2D eigenvalue weighted by Gasteiger charge is -2.22. The number of pyridine rings is 1. The lowest BCUT2D eigenvalue weighted by Crippen LogP contribution is -2.18. The van der Waals surface area contributed by atoms with E-state index in [0.29, 0.717) is 17.8 Å². The van der Waals surface area contributed by atoms with Crippen molar-refractivity contribution in [3.63, 3.8) is 0 Å². The molecule has 0 radical (unpaired) electrons. The van der Waals surface area contributed by atoms with Crippen LogP contribution in [0.4, 0.5) is 11.4 Å². The van der Waals surface area contributed by atoms with Gasteiger partial charge in [0.05, 0.1) is 33.7 Å². The highest BCUT2D eigenvalue weighted by Crippen LogP contribution is 2.31. The Labute approximate surface area is 120 Å². The monoisotopic (exact) mass is 316 g/mol. The summed E-state index contributed by atoms with van der Waals surface area (Å²) in [6.45, 7) is 0.669. The van der Waals surface area contributed by atoms with Gasteiger partial charge in [-0.2, -0.15) is 5.26 Å². The molecule has 1 aromatic carbocycles. The molecule has 0 unspecified atom stereocenters. The Hall–Kier alpha value is -2.06. The minimum absolute atomic E-state index is 0.619. The molecule has 5 heteroatoms. The van der Waals surface area contributed by atoms with E-state index >= 15 is 0 Å². The van der Waals surface area contributed by atoms with Gasteiger partial charge in [0.15, 0.2) is 0 Å². The summed E-state index contributed by atoms with van der Waals surface area (Å²) in [4.78, 5) is 6.05. The molecule has 19 heavy (non-hydrogen) atoms. The zero-order valence-electron chi connectivity index (χ0n) is 10.5. The van der Waals surface area contributed by atoms with E-state index in [1.165, 1.54) is 0 Å². The second-order valence-corrected chi connectivity index (χ2v) is 5.08. The minimum Gasteiger partial charge on any atom is -0.396 e. The third kappa shape index (κ3) is 3.04. The van der Waals surface area contributed by atoms with E-state index in [-0.39, 0.29) is 0 Å². The van der Waals surface area contributed by atoms with Gasteiger partial charge in [-0.3, -0.25) is 4.98 Å². The van der Waals surface area contributed by atoms with Gasteiger partial charge in [0.1, 0.15) is 0 Å². The summed E-state index contributed by atoms with van der Waals surface area (Å²) in [5.41, 5.74) is 9.18. The van der Waals surface area contributed by atoms with E-state index < -0.39 is 0 Å². The molecule has 0 aliphatic carbocycles. The van der Waals surface area contributed by atoms with E-state index in [4.69, 9.17) is 11.0 Å². The summed E-state index contributed by atoms with van der Waals surface area (Å²) >= 11 is 3.45. The molecule has 1 aromatic heterocycles. The quantitative estimate of drug-likeness (QED) is 0.945. The fourth-order valence-electron chi connectivity index (χ4n) is 1.94. The lowest BCUT2D eigenvalue weighted by molar-refractivity contribution is 0.918. The summed E-state index contributed by atoms with van der Waals surface area (Å²) in [5, 5.41) is 8.90. The molecule has 1 heterocycles. The summed E-state index contributed by atoms with van der Waals surface area (Å²) < 4.78 is 0.853. The number of halogens is 1. The maximum atomic E-state index is 8.90. The number of hydrogen-bond acceptors (Lipinski definition) is 4. The van der Waals surface area contributed by atoms with Crippen molar-refractivity contribution in [1.29, 1.82) is 5.26 Å². The van der Waals surface area contributed by atoms with Crippen LogP contribution < -0.4 is 10.6 Å². The molecule has 4 nitrogen and oxygen atoms in total. The first-order chi connectivity index (χ1) is 9.11. The number of aromatic nitrogens is 1. The van der Waals surface area contributed by atoms with Crippen molar-refractivity contribution >= 4 is 27.3 Å². The summed E-state index contributed by atoms with van der Waals surface area (Å²) in [6.07, 6.45) is 3.34. The van der Waals surface area contributed by atoms with E-state index in [1.807, 2.05) is 30.1 Å². The van der Waals surface area contributed by atoms with E-state index in [0.717, 1.165) is 15.7 Å². The van der Waals surface area contributed by atoms with E-state index in [1.54, 1.807) is 18.5 Å². The number of nitrogens with zero attached hydrogens (tertiary/aromatic N) is 3. The van der Waals surface area contributed by atoms with Crippen molar-refractivity contribution in [2.45, 2.75) is 6.54 Å². The minimum atomic E-state index is 0.619. The Bertz CT molecular complexity index is 613. The first kappa shape index (κ1) is 13.4. The van der Waals surface area contributed by atoms with Crippen LogP contribution in [0.2, 0.25) is 0 Å². The van der Waals surface area contributed by atoms with Gasteiger partial charge in [-0.05, 0) is 33.6 Å². The van der Waals surface area contributed by atoms with Gasteiger partial charge < -0.3 is 10.6 Å². The number of benzene rings is 1. The second-order valence-electron chi connectivity index (χ2n) is 4.23. The lowest BCUT2D eigenvalue weighted by atomic mass is 10.1. The smallest absolute Gasteiger partial charge is 0.0991 e. The summed E-state index contributed by atoms with van der Waals surface area (Å²) in [5.74, 6) is 0. The van der Waals surface area contributed by atoms with Gasteiger partial charge in [0, 0.05) is 19.8 Å². The summed E-state index contributed by atoms with van der Waals surface area (Å²) in [7, 11) is 1.95. The van der Waals surface area contributed by atoms with E-state index in [9.17, 15) is 0 Å². The van der Waals surface area contributed by atoms with Crippen LogP contribution in [-0.2, 0) is 6.54 Å². The molecule has 96 valence electrons. The molecule has 0 aliphatic rings. The number of anilines is 2. The van der Waals surface area contributed by atoms with Crippen molar-refractivity contribution in [3.05, 3.63) is 52.3 Å². The zero-order chi connectivity index (χ0) is 13.8. The van der Waals surface area contributed by atoms with Crippen LogP contribution in [0.5, 0.6) is 0 Å². The van der Waals surface area contributed by atoms with Gasteiger partial charge in [-0.15, -0.1) is 0 Å². The molecule has 2 aromatic rings. The van der Waals surface area contributed by atoms with Crippen molar-refractivity contribution in [1.82, 2.24) is 4.98 Å². The Balaban J connectivity index is 2.26. The highest BCUT2D eigenvalue weighted by Gasteiger charge is 2.10. The SMILES string of the molecule is CN(Cc1cccc(C#N)c1)c1c(N)cncc1Br. The van der Waals surface area contributed by atoms with E-state index in [2.05, 4.69) is 27.0 Å². The fourth-order valence-corrected chi connectivity index (χ4v) is 2.59. The highest BCUT2D eigenvalue weighted by molar-refractivity contribution is 9.10. The predicted molar refractivity (Wildman–Crippen MR) is 79.6 cm³/mol. The number of nitriles is 1. The molecule has 2 N–H and O–H groups in total. The van der Waals surface area contributed by atoms with Crippen LogP contribution in [0.3, 0.4) is 0 Å². The molecule has 0 aliphatic heterocycles. The maximum Gasteiger partial charge on any atom is 0.0991 e. The third-order valence-electron chi connectivity index (χ3n) is 2.76. The first-order valence-corrected chi connectivity index (χ1v) is 6.50. The second kappa shape index (κ2) is 5.72. The molecule has 0 saturated heterocycles. The Kier molecular flexibility index (Phi) is 4.03. The van der Waals surface area contributed by atoms with Crippen LogP contribution in [0.1, 0.15) is 11.1 Å². The molecule has 0 saturated carbocycles. The fraction of sp³-hybridized carbons (Fsp3) is 0.143. The van der Waals surface area contributed by atoms with Crippen LogP contribution in [0.25, 0.3) is 0 Å². The topological polar surface area (TPSA) is 65.9 Å². The number of nitrogens with two attached hydrogens (primary N) is 1. The average Bonchev–Trinajstić information content (AvgIpc) is 2.38. The number of nitrogen functional groups attached to an aromatic ring is 1.